The van der Waals surface area contributed by atoms with Gasteiger partial charge in [-0.1, -0.05) is 44.2 Å². The Morgan fingerprint density at radius 1 is 1.07 bits per heavy atom. The third kappa shape index (κ3) is 9.82. The Kier molecular flexibility index (Phi) is 11.5. The van der Waals surface area contributed by atoms with Crippen LogP contribution in [0.2, 0.25) is 0 Å². The molecule has 1 aliphatic heterocycles. The van der Waals surface area contributed by atoms with Crippen LogP contribution in [-0.4, -0.2) is 82.9 Å². The van der Waals surface area contributed by atoms with Gasteiger partial charge in [0.05, 0.1) is 35.9 Å². The second-order valence-corrected chi connectivity index (χ2v) is 14.3. The van der Waals surface area contributed by atoms with Crippen LogP contribution < -0.4 is 15.8 Å². The van der Waals surface area contributed by atoms with Gasteiger partial charge < -0.3 is 20.9 Å². The first-order valence-electron chi connectivity index (χ1n) is 13.3. The van der Waals surface area contributed by atoms with Crippen molar-refractivity contribution in [1.29, 1.82) is 0 Å². The maximum Gasteiger partial charge on any atom is 0.243 e. The number of hydrogen-bond acceptors (Lipinski definition) is 8. The first-order valence-corrected chi connectivity index (χ1v) is 16.4. The molecule has 13 heteroatoms. The van der Waals surface area contributed by atoms with E-state index in [0.717, 1.165) is 5.56 Å². The lowest BCUT2D eigenvalue weighted by atomic mass is 10.0. The number of aliphatic hydroxyl groups is 1. The van der Waals surface area contributed by atoms with Gasteiger partial charge in [-0.05, 0) is 54.5 Å². The highest BCUT2D eigenvalue weighted by Gasteiger charge is 2.31. The molecule has 11 nitrogen and oxygen atoms in total. The Labute approximate surface area is 237 Å². The van der Waals surface area contributed by atoms with Crippen LogP contribution >= 0.6 is 0 Å². The number of nitrogens with two attached hydrogens (primary N) is 1. The number of hydrogen-bond donors (Lipinski definition) is 4. The standard InChI is InChI=1S/C27H40N4O7S2/c1-20(2)16-31(40(36,37)24-10-8-23(28)9-11-24)17-26(32)25(14-21-6-4-3-5-7-21)30-27(33)15-29-39(34,35)19-22-12-13-38-18-22/h3-11,20,22,25-26,29,32H,12-19,28H2,1-2H3,(H,30,33)/t22-,25+,26-/m1/s1. The molecule has 1 aliphatic rings. The predicted octanol–water partition coefficient (Wildman–Crippen LogP) is 0.960. The maximum absolute atomic E-state index is 13.5. The molecule has 1 fully saturated rings. The quantitative estimate of drug-likeness (QED) is 0.221. The van der Waals surface area contributed by atoms with Gasteiger partial charge in [-0.3, -0.25) is 4.79 Å². The summed E-state index contributed by atoms with van der Waals surface area (Å²) in [6, 6.07) is 14.1. The number of nitrogens with zero attached hydrogens (tertiary/aromatic N) is 1. The van der Waals surface area contributed by atoms with Crippen molar-refractivity contribution in [2.24, 2.45) is 11.8 Å². The van der Waals surface area contributed by atoms with Gasteiger partial charge in [0, 0.05) is 25.4 Å². The van der Waals surface area contributed by atoms with E-state index < -0.39 is 44.6 Å². The van der Waals surface area contributed by atoms with Crippen molar-refractivity contribution in [3.8, 4) is 0 Å². The lowest BCUT2D eigenvalue weighted by Gasteiger charge is -2.31. The van der Waals surface area contributed by atoms with Crippen LogP contribution in [0.15, 0.2) is 59.5 Å². The summed E-state index contributed by atoms with van der Waals surface area (Å²) in [4.78, 5) is 12.9. The first-order chi connectivity index (χ1) is 18.9. The highest BCUT2D eigenvalue weighted by molar-refractivity contribution is 7.89. The third-order valence-corrected chi connectivity index (χ3v) is 9.86. The zero-order chi connectivity index (χ0) is 29.3. The van der Waals surface area contributed by atoms with Gasteiger partial charge in [-0.2, -0.15) is 4.31 Å². The minimum absolute atomic E-state index is 0.0419. The Balaban J connectivity index is 1.75. The van der Waals surface area contributed by atoms with Crippen LogP contribution in [-0.2, 0) is 36.0 Å². The molecule has 1 saturated heterocycles. The Bertz CT molecular complexity index is 1300. The molecular weight excluding hydrogens is 556 g/mol. The molecule has 0 saturated carbocycles. The van der Waals surface area contributed by atoms with Crippen molar-refractivity contribution in [1.82, 2.24) is 14.3 Å². The van der Waals surface area contributed by atoms with Crippen molar-refractivity contribution >= 4 is 31.6 Å². The number of benzene rings is 2. The summed E-state index contributed by atoms with van der Waals surface area (Å²) >= 11 is 0. The van der Waals surface area contributed by atoms with Crippen LogP contribution in [0, 0.1) is 11.8 Å². The van der Waals surface area contributed by atoms with E-state index in [4.69, 9.17) is 10.5 Å². The average molecular weight is 597 g/mol. The minimum atomic E-state index is -3.98. The number of nitrogens with one attached hydrogen (secondary N) is 2. The first kappa shape index (κ1) is 32.0. The zero-order valence-corrected chi connectivity index (χ0v) is 24.5. The van der Waals surface area contributed by atoms with Gasteiger partial charge in [0.1, 0.15) is 0 Å². The van der Waals surface area contributed by atoms with Gasteiger partial charge in [0.25, 0.3) is 0 Å². The second kappa shape index (κ2) is 14.4. The number of ether oxygens (including phenoxy) is 1. The average Bonchev–Trinajstić information content (AvgIpc) is 3.39. The molecule has 0 radical (unpaired) electrons. The van der Waals surface area contributed by atoms with E-state index in [-0.39, 0.29) is 42.0 Å². The maximum atomic E-state index is 13.5. The molecule has 1 heterocycles. The van der Waals surface area contributed by atoms with Crippen LogP contribution in [0.4, 0.5) is 5.69 Å². The fourth-order valence-corrected chi connectivity index (χ4v) is 7.45. The van der Waals surface area contributed by atoms with E-state index in [9.17, 15) is 26.7 Å². The molecular formula is C27H40N4O7S2. The SMILES string of the molecule is CC(C)CN(C[C@@H](O)[C@H](Cc1ccccc1)NC(=O)CNS(=O)(=O)C[C@@H]1CCOC1)S(=O)(=O)c1ccc(N)cc1. The topological polar surface area (TPSA) is 168 Å². The van der Waals surface area contributed by atoms with E-state index in [2.05, 4.69) is 10.0 Å². The molecule has 2 aromatic carbocycles. The zero-order valence-electron chi connectivity index (χ0n) is 22.9. The third-order valence-electron chi connectivity index (χ3n) is 6.52. The van der Waals surface area contributed by atoms with Gasteiger partial charge in [0.15, 0.2) is 0 Å². The van der Waals surface area contributed by atoms with Crippen molar-refractivity contribution in [2.75, 3.05) is 44.3 Å². The van der Waals surface area contributed by atoms with E-state index in [1.54, 1.807) is 0 Å². The summed E-state index contributed by atoms with van der Waals surface area (Å²) in [5.74, 6) is -0.937. The molecule has 0 unspecified atom stereocenters. The summed E-state index contributed by atoms with van der Waals surface area (Å²) in [5.41, 5.74) is 6.96. The highest BCUT2D eigenvalue weighted by atomic mass is 32.2. The summed E-state index contributed by atoms with van der Waals surface area (Å²) in [7, 11) is -7.69. The lowest BCUT2D eigenvalue weighted by Crippen LogP contribution is -2.52. The number of anilines is 1. The number of amides is 1. The van der Waals surface area contributed by atoms with E-state index in [1.807, 2.05) is 44.2 Å². The van der Waals surface area contributed by atoms with E-state index >= 15 is 0 Å². The number of carbonyl (C=O) groups is 1. The molecule has 3 atom stereocenters. The largest absolute Gasteiger partial charge is 0.399 e. The summed E-state index contributed by atoms with van der Waals surface area (Å²) in [5, 5.41) is 14.0. The summed E-state index contributed by atoms with van der Waals surface area (Å²) in [6.07, 6.45) is -0.444. The lowest BCUT2D eigenvalue weighted by molar-refractivity contribution is -0.121. The number of carbonyl (C=O) groups excluding carboxylic acids is 1. The highest BCUT2D eigenvalue weighted by Crippen LogP contribution is 2.20. The summed E-state index contributed by atoms with van der Waals surface area (Å²) < 4.78 is 60.6. The molecule has 40 heavy (non-hydrogen) atoms. The van der Waals surface area contributed by atoms with Gasteiger partial charge in [-0.25, -0.2) is 21.6 Å². The van der Waals surface area contributed by atoms with Crippen LogP contribution in [0.1, 0.15) is 25.8 Å². The van der Waals surface area contributed by atoms with Crippen molar-refractivity contribution in [3.63, 3.8) is 0 Å². The molecule has 2 aromatic rings. The number of rotatable bonds is 15. The molecule has 0 spiro atoms. The molecule has 1 amide bonds. The Hall–Kier alpha value is -2.55. The number of nitrogen functional groups attached to an aromatic ring is 1. The van der Waals surface area contributed by atoms with Gasteiger partial charge >= 0.3 is 0 Å². The van der Waals surface area contributed by atoms with Crippen molar-refractivity contribution in [3.05, 3.63) is 60.2 Å². The van der Waals surface area contributed by atoms with E-state index in [1.165, 1.54) is 28.6 Å². The van der Waals surface area contributed by atoms with Crippen LogP contribution in [0.5, 0.6) is 0 Å². The van der Waals surface area contributed by atoms with Crippen LogP contribution in [0.25, 0.3) is 0 Å². The predicted molar refractivity (Wildman–Crippen MR) is 153 cm³/mol. The van der Waals surface area contributed by atoms with Crippen molar-refractivity contribution in [2.45, 2.75) is 43.7 Å². The molecule has 0 bridgehead atoms. The van der Waals surface area contributed by atoms with Gasteiger partial charge in [-0.15, -0.1) is 0 Å². The van der Waals surface area contributed by atoms with E-state index in [0.29, 0.717) is 25.3 Å². The number of sulfonamides is 2. The Morgan fingerprint density at radius 2 is 1.75 bits per heavy atom. The normalized spacial score (nSPS) is 17.7. The van der Waals surface area contributed by atoms with Gasteiger partial charge in [0.2, 0.25) is 26.0 Å². The molecule has 0 aliphatic carbocycles. The molecule has 222 valence electrons. The number of aliphatic hydroxyl groups excluding tert-OH is 1. The molecule has 3 rings (SSSR count). The molecule has 0 aromatic heterocycles. The fourth-order valence-electron chi connectivity index (χ4n) is 4.47. The molecule has 5 N–H and O–H groups in total. The fraction of sp³-hybridized carbons (Fsp3) is 0.519. The second-order valence-electron chi connectivity index (χ2n) is 10.5. The van der Waals surface area contributed by atoms with Crippen molar-refractivity contribution < 1.29 is 31.5 Å². The monoisotopic (exact) mass is 596 g/mol. The minimum Gasteiger partial charge on any atom is -0.399 e. The smallest absolute Gasteiger partial charge is 0.243 e. The van der Waals surface area contributed by atoms with Crippen LogP contribution in [0.3, 0.4) is 0 Å². The Morgan fingerprint density at radius 3 is 2.35 bits per heavy atom. The summed E-state index contributed by atoms with van der Waals surface area (Å²) in [6.45, 7) is 3.96.